The van der Waals surface area contributed by atoms with Crippen molar-refractivity contribution in [3.05, 3.63) is 59.7 Å². The molecule has 0 atom stereocenters. The Morgan fingerprint density at radius 3 is 2.03 bits per heavy atom. The second-order valence-electron chi connectivity index (χ2n) is 9.65. The van der Waals surface area contributed by atoms with E-state index in [0.717, 1.165) is 29.7 Å². The Labute approximate surface area is 178 Å². The molecule has 5 nitrogen and oxygen atoms in total. The highest BCUT2D eigenvalue weighted by atomic mass is 32.2. The summed E-state index contributed by atoms with van der Waals surface area (Å²) in [6.07, 6.45) is 9.29. The molecule has 4 bridgehead atoms. The van der Waals surface area contributed by atoms with E-state index in [0.29, 0.717) is 11.0 Å². The van der Waals surface area contributed by atoms with Gasteiger partial charge in [0, 0.05) is 5.69 Å². The van der Waals surface area contributed by atoms with Gasteiger partial charge in [-0.15, -0.1) is 0 Å². The molecular formula is C24H28N2O3S. The first-order valence-electron chi connectivity index (χ1n) is 10.8. The van der Waals surface area contributed by atoms with Crippen LogP contribution in [-0.4, -0.2) is 20.6 Å². The number of anilines is 2. The van der Waals surface area contributed by atoms with Crippen molar-refractivity contribution in [2.24, 2.45) is 17.8 Å². The van der Waals surface area contributed by atoms with Gasteiger partial charge in [-0.1, -0.05) is 24.3 Å². The molecule has 4 saturated carbocycles. The summed E-state index contributed by atoms with van der Waals surface area (Å²) in [5, 5.41) is 2.91. The molecule has 4 fully saturated rings. The van der Waals surface area contributed by atoms with E-state index in [2.05, 4.69) is 22.2 Å². The Kier molecular flexibility index (Phi) is 4.65. The van der Waals surface area contributed by atoms with Crippen LogP contribution < -0.4 is 10.0 Å². The normalized spacial score (nSPS) is 29.6. The van der Waals surface area contributed by atoms with Crippen LogP contribution in [0.4, 0.5) is 11.4 Å². The summed E-state index contributed by atoms with van der Waals surface area (Å²) in [4.78, 5) is 12.8. The molecule has 0 saturated heterocycles. The van der Waals surface area contributed by atoms with Crippen LogP contribution in [0.2, 0.25) is 0 Å². The van der Waals surface area contributed by atoms with Gasteiger partial charge in [0.25, 0.3) is 5.91 Å². The van der Waals surface area contributed by atoms with Gasteiger partial charge in [-0.05, 0) is 91.5 Å². The van der Waals surface area contributed by atoms with Crippen LogP contribution in [0.25, 0.3) is 0 Å². The fraction of sp³-hybridized carbons (Fsp3) is 0.458. The maximum atomic E-state index is 12.8. The number of hydrogen-bond acceptors (Lipinski definition) is 3. The Balaban J connectivity index is 1.33. The minimum absolute atomic E-state index is 0.280. The number of rotatable bonds is 5. The molecule has 2 aromatic rings. The molecule has 2 N–H and O–H groups in total. The average molecular weight is 425 g/mol. The molecule has 0 radical (unpaired) electrons. The second-order valence-corrected chi connectivity index (χ2v) is 11.4. The van der Waals surface area contributed by atoms with E-state index < -0.39 is 10.0 Å². The lowest BCUT2D eigenvalue weighted by molar-refractivity contribution is -0.00518. The highest BCUT2D eigenvalue weighted by Gasteiger charge is 2.51. The number of carbonyl (C=O) groups excluding carboxylic acids is 1. The van der Waals surface area contributed by atoms with Crippen molar-refractivity contribution in [1.29, 1.82) is 0 Å². The van der Waals surface area contributed by atoms with Crippen LogP contribution in [0.5, 0.6) is 0 Å². The second kappa shape index (κ2) is 7.12. The molecule has 4 aliphatic carbocycles. The molecule has 0 aromatic heterocycles. The number of hydrogen-bond donors (Lipinski definition) is 2. The van der Waals surface area contributed by atoms with Crippen molar-refractivity contribution in [3.63, 3.8) is 0 Å². The third kappa shape index (κ3) is 3.73. The molecule has 6 rings (SSSR count). The molecule has 0 heterocycles. The smallest absolute Gasteiger partial charge is 0.257 e. The van der Waals surface area contributed by atoms with Crippen LogP contribution in [0, 0.1) is 17.8 Å². The fourth-order valence-corrected chi connectivity index (χ4v) is 7.12. The van der Waals surface area contributed by atoms with E-state index in [9.17, 15) is 13.2 Å². The van der Waals surface area contributed by atoms with Gasteiger partial charge in [0.1, 0.15) is 0 Å². The van der Waals surface area contributed by atoms with Crippen molar-refractivity contribution in [3.8, 4) is 0 Å². The molecule has 0 aliphatic heterocycles. The van der Waals surface area contributed by atoms with Gasteiger partial charge in [-0.3, -0.25) is 9.52 Å². The largest absolute Gasteiger partial charge is 0.322 e. The van der Waals surface area contributed by atoms with Gasteiger partial charge >= 0.3 is 0 Å². The van der Waals surface area contributed by atoms with Crippen molar-refractivity contribution >= 4 is 27.3 Å². The Hall–Kier alpha value is -2.34. The summed E-state index contributed by atoms with van der Waals surface area (Å²) >= 11 is 0. The monoisotopic (exact) mass is 424 g/mol. The van der Waals surface area contributed by atoms with Crippen LogP contribution in [0.15, 0.2) is 48.5 Å². The standard InChI is InChI=1S/C24H28N2O3S/c1-30(28,29)26-22-5-3-2-4-21(22)23(27)25-20-8-6-19(7-9-20)24-13-16-10-17(14-24)12-18(11-16)15-24/h2-9,16-18,26H,10-15H2,1H3,(H,25,27). The molecule has 4 aliphatic rings. The van der Waals surface area contributed by atoms with E-state index in [1.807, 2.05) is 12.1 Å². The summed E-state index contributed by atoms with van der Waals surface area (Å²) in [5.74, 6) is 2.36. The van der Waals surface area contributed by atoms with E-state index in [1.165, 1.54) is 44.1 Å². The SMILES string of the molecule is CS(=O)(=O)Nc1ccccc1C(=O)Nc1ccc(C23CC4CC(CC(C4)C2)C3)cc1. The van der Waals surface area contributed by atoms with Crippen molar-refractivity contribution in [2.75, 3.05) is 16.3 Å². The fourth-order valence-electron chi connectivity index (χ4n) is 6.54. The van der Waals surface area contributed by atoms with Gasteiger partial charge in [-0.25, -0.2) is 8.42 Å². The molecular weight excluding hydrogens is 396 g/mol. The van der Waals surface area contributed by atoms with Crippen molar-refractivity contribution < 1.29 is 13.2 Å². The topological polar surface area (TPSA) is 75.3 Å². The van der Waals surface area contributed by atoms with Gasteiger partial charge in [0.05, 0.1) is 17.5 Å². The lowest BCUT2D eigenvalue weighted by Crippen LogP contribution is -2.48. The summed E-state index contributed by atoms with van der Waals surface area (Å²) in [6, 6.07) is 15.0. The molecule has 2 aromatic carbocycles. The minimum atomic E-state index is -3.46. The van der Waals surface area contributed by atoms with Crippen molar-refractivity contribution in [1.82, 2.24) is 0 Å². The predicted molar refractivity (Wildman–Crippen MR) is 119 cm³/mol. The zero-order chi connectivity index (χ0) is 20.9. The summed E-state index contributed by atoms with van der Waals surface area (Å²) in [7, 11) is -3.46. The first-order chi connectivity index (χ1) is 14.3. The summed E-state index contributed by atoms with van der Waals surface area (Å²) in [6.45, 7) is 0. The zero-order valence-corrected chi connectivity index (χ0v) is 18.0. The third-order valence-corrected chi connectivity index (χ3v) is 7.85. The van der Waals surface area contributed by atoms with Gasteiger partial charge in [-0.2, -0.15) is 0 Å². The quantitative estimate of drug-likeness (QED) is 0.725. The maximum absolute atomic E-state index is 12.8. The zero-order valence-electron chi connectivity index (χ0n) is 17.2. The van der Waals surface area contributed by atoms with E-state index >= 15 is 0 Å². The molecule has 6 heteroatoms. The van der Waals surface area contributed by atoms with Gasteiger partial charge in [0.15, 0.2) is 0 Å². The predicted octanol–water partition coefficient (Wildman–Crippen LogP) is 4.78. The Morgan fingerprint density at radius 1 is 0.900 bits per heavy atom. The van der Waals surface area contributed by atoms with Crippen LogP contribution in [0.3, 0.4) is 0 Å². The van der Waals surface area contributed by atoms with Gasteiger partial charge < -0.3 is 5.32 Å². The lowest BCUT2D eigenvalue weighted by Gasteiger charge is -2.57. The first-order valence-corrected chi connectivity index (χ1v) is 12.7. The highest BCUT2D eigenvalue weighted by molar-refractivity contribution is 7.92. The van der Waals surface area contributed by atoms with E-state index in [4.69, 9.17) is 0 Å². The Morgan fingerprint density at radius 2 is 1.47 bits per heavy atom. The number of sulfonamides is 1. The van der Waals surface area contributed by atoms with E-state index in [1.54, 1.807) is 24.3 Å². The lowest BCUT2D eigenvalue weighted by atomic mass is 9.48. The minimum Gasteiger partial charge on any atom is -0.322 e. The van der Waals surface area contributed by atoms with E-state index in [-0.39, 0.29) is 11.6 Å². The molecule has 1 amide bonds. The number of carbonyl (C=O) groups is 1. The maximum Gasteiger partial charge on any atom is 0.257 e. The number of nitrogens with one attached hydrogen (secondary N) is 2. The number of para-hydroxylation sites is 1. The molecule has 0 spiro atoms. The van der Waals surface area contributed by atoms with Gasteiger partial charge in [0.2, 0.25) is 10.0 Å². The van der Waals surface area contributed by atoms with Crippen LogP contribution >= 0.6 is 0 Å². The first kappa shape index (κ1) is 19.6. The molecule has 158 valence electrons. The number of amides is 1. The summed E-state index contributed by atoms with van der Waals surface area (Å²) < 4.78 is 25.6. The van der Waals surface area contributed by atoms with Crippen molar-refractivity contribution in [2.45, 2.75) is 43.9 Å². The highest BCUT2D eigenvalue weighted by Crippen LogP contribution is 2.60. The van der Waals surface area contributed by atoms with Crippen LogP contribution in [-0.2, 0) is 15.4 Å². The Bertz CT molecular complexity index is 1040. The average Bonchev–Trinajstić information content (AvgIpc) is 2.66. The van der Waals surface area contributed by atoms with Crippen LogP contribution in [0.1, 0.15) is 54.4 Å². The molecule has 30 heavy (non-hydrogen) atoms. The summed E-state index contributed by atoms with van der Waals surface area (Å²) in [5.41, 5.74) is 3.06. The third-order valence-electron chi connectivity index (χ3n) is 7.26. The number of benzene rings is 2. The molecule has 0 unspecified atom stereocenters.